The van der Waals surface area contributed by atoms with Crippen LogP contribution in [0, 0.1) is 0 Å². The van der Waals surface area contributed by atoms with Gasteiger partial charge in [-0.05, 0) is 5.56 Å². The molecule has 1 amide bonds. The van der Waals surface area contributed by atoms with E-state index in [0.717, 1.165) is 5.56 Å². The summed E-state index contributed by atoms with van der Waals surface area (Å²) in [6.45, 7) is -0.208. The zero-order chi connectivity index (χ0) is 13.4. The highest BCUT2D eigenvalue weighted by Gasteiger charge is 2.13. The molecule has 0 aromatic heterocycles. The first-order chi connectivity index (χ1) is 8.59. The summed E-state index contributed by atoms with van der Waals surface area (Å²) in [5.41, 5.74) is 0.941. The molecule has 1 aromatic carbocycles. The van der Waals surface area contributed by atoms with Gasteiger partial charge in [-0.3, -0.25) is 4.79 Å². The van der Waals surface area contributed by atoms with Crippen LogP contribution in [0.15, 0.2) is 30.3 Å². The average Bonchev–Trinajstić information content (AvgIpc) is 2.37. The highest BCUT2D eigenvalue weighted by Crippen LogP contribution is 1.99. The maximum absolute atomic E-state index is 11.2. The van der Waals surface area contributed by atoms with E-state index in [1.54, 1.807) is 0 Å². The number of aliphatic hydroxyl groups excluding tert-OH is 1. The lowest BCUT2D eigenvalue weighted by Gasteiger charge is -2.08. The molecule has 1 aromatic rings. The highest BCUT2D eigenvalue weighted by molar-refractivity contribution is 5.78. The SMILES string of the molecule is O=C(COCc1ccccc1)NC[C@H](O)C(=O)O. The van der Waals surface area contributed by atoms with Gasteiger partial charge in [0.1, 0.15) is 6.61 Å². The molecule has 0 saturated heterocycles. The largest absolute Gasteiger partial charge is 0.479 e. The zero-order valence-corrected chi connectivity index (χ0v) is 9.70. The molecule has 3 N–H and O–H groups in total. The van der Waals surface area contributed by atoms with Gasteiger partial charge in [0.05, 0.1) is 13.2 Å². The predicted molar refractivity (Wildman–Crippen MR) is 62.8 cm³/mol. The van der Waals surface area contributed by atoms with Crippen LogP contribution in [0.4, 0.5) is 0 Å². The molecule has 1 rings (SSSR count). The topological polar surface area (TPSA) is 95.9 Å². The van der Waals surface area contributed by atoms with Crippen molar-refractivity contribution in [2.45, 2.75) is 12.7 Å². The number of rotatable bonds is 7. The smallest absolute Gasteiger partial charge is 0.334 e. The van der Waals surface area contributed by atoms with Crippen LogP contribution >= 0.6 is 0 Å². The van der Waals surface area contributed by atoms with Crippen molar-refractivity contribution in [1.82, 2.24) is 5.32 Å². The lowest BCUT2D eigenvalue weighted by molar-refractivity contribution is -0.146. The molecule has 1 atom stereocenters. The van der Waals surface area contributed by atoms with Gasteiger partial charge in [0.15, 0.2) is 6.10 Å². The number of aliphatic hydroxyl groups is 1. The molecule has 0 aliphatic rings. The molecule has 98 valence electrons. The first-order valence-electron chi connectivity index (χ1n) is 5.39. The minimum Gasteiger partial charge on any atom is -0.479 e. The molecule has 0 bridgehead atoms. The number of benzene rings is 1. The maximum Gasteiger partial charge on any atom is 0.334 e. The van der Waals surface area contributed by atoms with Gasteiger partial charge in [-0.1, -0.05) is 30.3 Å². The van der Waals surface area contributed by atoms with Gasteiger partial charge in [0.25, 0.3) is 0 Å². The Balaban J connectivity index is 2.16. The molecule has 0 aliphatic heterocycles. The Bertz CT molecular complexity index is 393. The Morgan fingerprint density at radius 1 is 1.28 bits per heavy atom. The normalized spacial score (nSPS) is 11.8. The number of amides is 1. The average molecular weight is 253 g/mol. The number of ether oxygens (including phenoxy) is 1. The number of carboxylic acid groups (broad SMARTS) is 1. The summed E-state index contributed by atoms with van der Waals surface area (Å²) in [5.74, 6) is -1.84. The quantitative estimate of drug-likeness (QED) is 0.623. The molecular formula is C12H15NO5. The second-order valence-electron chi connectivity index (χ2n) is 3.64. The molecular weight excluding hydrogens is 238 g/mol. The van der Waals surface area contributed by atoms with Crippen molar-refractivity contribution in [2.24, 2.45) is 0 Å². The standard InChI is InChI=1S/C12H15NO5/c14-10(12(16)17)6-13-11(15)8-18-7-9-4-2-1-3-5-9/h1-5,10,14H,6-8H2,(H,13,15)(H,16,17)/t10-/m0/s1. The fraction of sp³-hybridized carbons (Fsp3) is 0.333. The second-order valence-corrected chi connectivity index (χ2v) is 3.64. The van der Waals surface area contributed by atoms with Gasteiger partial charge in [0.2, 0.25) is 5.91 Å². The van der Waals surface area contributed by atoms with Crippen molar-refractivity contribution in [3.05, 3.63) is 35.9 Å². The van der Waals surface area contributed by atoms with E-state index in [2.05, 4.69) is 5.32 Å². The molecule has 0 fully saturated rings. The van der Waals surface area contributed by atoms with Crippen LogP contribution in [0.5, 0.6) is 0 Å². The third-order valence-corrected chi connectivity index (χ3v) is 2.12. The lowest BCUT2D eigenvalue weighted by Crippen LogP contribution is -2.38. The minimum absolute atomic E-state index is 0.179. The first-order valence-corrected chi connectivity index (χ1v) is 5.39. The Kier molecular flexibility index (Phi) is 5.83. The van der Waals surface area contributed by atoms with Crippen LogP contribution < -0.4 is 5.32 Å². The number of carbonyl (C=O) groups is 2. The van der Waals surface area contributed by atoms with Crippen molar-refractivity contribution in [3.8, 4) is 0 Å². The Morgan fingerprint density at radius 3 is 2.56 bits per heavy atom. The molecule has 6 nitrogen and oxygen atoms in total. The molecule has 6 heteroatoms. The Morgan fingerprint density at radius 2 is 1.94 bits per heavy atom. The van der Waals surface area contributed by atoms with Gasteiger partial charge in [0, 0.05) is 0 Å². The summed E-state index contributed by atoms with van der Waals surface area (Å²) in [6, 6.07) is 9.34. The van der Waals surface area contributed by atoms with Crippen molar-refractivity contribution in [3.63, 3.8) is 0 Å². The highest BCUT2D eigenvalue weighted by atomic mass is 16.5. The van der Waals surface area contributed by atoms with E-state index in [1.807, 2.05) is 30.3 Å². The van der Waals surface area contributed by atoms with E-state index < -0.39 is 18.0 Å². The number of hydrogen-bond acceptors (Lipinski definition) is 4. The molecule has 0 aliphatic carbocycles. The molecule has 0 heterocycles. The van der Waals surface area contributed by atoms with Crippen molar-refractivity contribution >= 4 is 11.9 Å². The van der Waals surface area contributed by atoms with E-state index in [0.29, 0.717) is 6.61 Å². The number of nitrogens with one attached hydrogen (secondary N) is 1. The Hall–Kier alpha value is -1.92. The Labute approximate surface area is 104 Å². The van der Waals surface area contributed by atoms with Crippen molar-refractivity contribution in [2.75, 3.05) is 13.2 Å². The van der Waals surface area contributed by atoms with Gasteiger partial charge in [-0.2, -0.15) is 0 Å². The van der Waals surface area contributed by atoms with E-state index in [1.165, 1.54) is 0 Å². The van der Waals surface area contributed by atoms with Crippen molar-refractivity contribution < 1.29 is 24.5 Å². The lowest BCUT2D eigenvalue weighted by atomic mass is 10.2. The molecule has 0 spiro atoms. The van der Waals surface area contributed by atoms with Gasteiger partial charge in [-0.25, -0.2) is 4.79 Å². The fourth-order valence-corrected chi connectivity index (χ4v) is 1.18. The molecule has 0 radical (unpaired) electrons. The summed E-state index contributed by atoms with van der Waals surface area (Å²) in [5, 5.41) is 19.6. The summed E-state index contributed by atoms with van der Waals surface area (Å²) in [4.78, 5) is 21.5. The minimum atomic E-state index is -1.59. The van der Waals surface area contributed by atoms with Gasteiger partial charge >= 0.3 is 5.97 Å². The van der Waals surface area contributed by atoms with Crippen LogP contribution in [-0.4, -0.2) is 41.3 Å². The predicted octanol–water partition coefficient (Wildman–Crippen LogP) is -0.235. The van der Waals surface area contributed by atoms with Crippen LogP contribution in [0.3, 0.4) is 0 Å². The van der Waals surface area contributed by atoms with Crippen LogP contribution in [0.1, 0.15) is 5.56 Å². The summed E-state index contributed by atoms with van der Waals surface area (Å²) < 4.78 is 5.13. The van der Waals surface area contributed by atoms with Crippen LogP contribution in [0.25, 0.3) is 0 Å². The van der Waals surface area contributed by atoms with E-state index >= 15 is 0 Å². The first kappa shape index (κ1) is 14.1. The van der Waals surface area contributed by atoms with Crippen LogP contribution in [0.2, 0.25) is 0 Å². The van der Waals surface area contributed by atoms with E-state index in [-0.39, 0.29) is 13.2 Å². The number of carboxylic acids is 1. The summed E-state index contributed by atoms with van der Waals surface area (Å²) in [6.07, 6.45) is -1.59. The van der Waals surface area contributed by atoms with Gasteiger partial charge < -0.3 is 20.3 Å². The number of hydrogen-bond donors (Lipinski definition) is 3. The monoisotopic (exact) mass is 253 g/mol. The zero-order valence-electron chi connectivity index (χ0n) is 9.70. The van der Waals surface area contributed by atoms with Crippen LogP contribution in [-0.2, 0) is 20.9 Å². The fourth-order valence-electron chi connectivity index (χ4n) is 1.18. The molecule has 0 unspecified atom stereocenters. The number of aliphatic carboxylic acids is 1. The van der Waals surface area contributed by atoms with E-state index in [4.69, 9.17) is 14.9 Å². The van der Waals surface area contributed by atoms with E-state index in [9.17, 15) is 9.59 Å². The maximum atomic E-state index is 11.2. The third-order valence-electron chi connectivity index (χ3n) is 2.12. The second kappa shape index (κ2) is 7.41. The molecule has 0 saturated carbocycles. The van der Waals surface area contributed by atoms with Gasteiger partial charge in [-0.15, -0.1) is 0 Å². The van der Waals surface area contributed by atoms with Crippen molar-refractivity contribution in [1.29, 1.82) is 0 Å². The number of carbonyl (C=O) groups excluding carboxylic acids is 1. The summed E-state index contributed by atoms with van der Waals surface area (Å²) >= 11 is 0. The molecule has 18 heavy (non-hydrogen) atoms. The summed E-state index contributed by atoms with van der Waals surface area (Å²) in [7, 11) is 0. The third kappa shape index (κ3) is 5.42.